The lowest BCUT2D eigenvalue weighted by Gasteiger charge is -2.40. The lowest BCUT2D eigenvalue weighted by atomic mass is 9.97. The third-order valence-corrected chi connectivity index (χ3v) is 4.84. The topological polar surface area (TPSA) is 46.6 Å². The van der Waals surface area contributed by atoms with Crippen molar-refractivity contribution in [2.75, 3.05) is 0 Å². The van der Waals surface area contributed by atoms with Gasteiger partial charge in [-0.15, -0.1) is 0 Å². The zero-order valence-corrected chi connectivity index (χ0v) is 16.0. The number of carbonyl (C=O) groups excluding carboxylic acids is 2. The second-order valence-electron chi connectivity index (χ2n) is 6.34. The van der Waals surface area contributed by atoms with E-state index in [1.165, 1.54) is 6.08 Å². The van der Waals surface area contributed by atoms with Crippen molar-refractivity contribution in [3.8, 4) is 0 Å². The molecule has 0 bridgehead atoms. The Balaban J connectivity index is 1.94. The molecule has 0 radical (unpaired) electrons. The molecule has 4 nitrogen and oxygen atoms in total. The van der Waals surface area contributed by atoms with E-state index in [1.54, 1.807) is 13.0 Å². The normalized spacial score (nSPS) is 22.4. The fourth-order valence-electron chi connectivity index (χ4n) is 3.10. The Morgan fingerprint density at radius 3 is 2.58 bits per heavy atom. The van der Waals surface area contributed by atoms with Crippen molar-refractivity contribution >= 4 is 33.9 Å². The smallest absolute Gasteiger partial charge is 0.331 e. The molecule has 1 aliphatic heterocycles. The van der Waals surface area contributed by atoms with Crippen LogP contribution < -0.4 is 0 Å². The fourth-order valence-corrected chi connectivity index (χ4v) is 3.52. The van der Waals surface area contributed by atoms with E-state index < -0.39 is 12.1 Å². The molecular weight excluding hydrogens is 370 g/mol. The molecule has 1 aromatic carbocycles. The minimum Gasteiger partial charge on any atom is -0.449 e. The summed E-state index contributed by atoms with van der Waals surface area (Å²) in [6.07, 6.45) is 5.40. The molecule has 130 valence electrons. The monoisotopic (exact) mass is 393 g/mol. The molecule has 0 aromatic heterocycles. The summed E-state index contributed by atoms with van der Waals surface area (Å²) in [5.41, 5.74) is 0.888. The highest BCUT2D eigenvalue weighted by Crippen LogP contribution is 2.23. The van der Waals surface area contributed by atoms with Crippen LogP contribution in [-0.2, 0) is 14.3 Å². The van der Waals surface area contributed by atoms with Gasteiger partial charge in [0, 0.05) is 22.6 Å². The molecule has 1 saturated heterocycles. The van der Waals surface area contributed by atoms with Crippen LogP contribution in [-0.4, -0.2) is 35.0 Å². The van der Waals surface area contributed by atoms with Crippen LogP contribution in [0.5, 0.6) is 0 Å². The molecule has 0 N–H and O–H groups in total. The number of likely N-dealkylation sites (tertiary alicyclic amines) is 1. The van der Waals surface area contributed by atoms with Crippen LogP contribution in [0.2, 0.25) is 0 Å². The summed E-state index contributed by atoms with van der Waals surface area (Å²) in [4.78, 5) is 26.4. The molecule has 1 heterocycles. The molecule has 0 spiro atoms. The summed E-state index contributed by atoms with van der Waals surface area (Å²) in [6.45, 7) is 5.74. The Morgan fingerprint density at radius 1 is 1.29 bits per heavy atom. The number of esters is 1. The Kier molecular flexibility index (Phi) is 6.60. The number of halogens is 1. The highest BCUT2D eigenvalue weighted by Gasteiger charge is 2.32. The SMILES string of the molecule is C[C@@H]1CCC[C@H](C)N1C(=O)[C@@H](C)OC(=O)/C=C/c1cccc(Br)c1. The largest absolute Gasteiger partial charge is 0.449 e. The standard InChI is InChI=1S/C19H24BrNO3/c1-13-6-4-7-14(2)21(13)19(23)15(3)24-18(22)11-10-16-8-5-9-17(20)12-16/h5,8-15H,4,6-7H2,1-3H3/b11-10+/t13-,14+,15-/m1/s1. The number of hydrogen-bond acceptors (Lipinski definition) is 3. The van der Waals surface area contributed by atoms with Crippen molar-refractivity contribution in [2.45, 2.75) is 58.2 Å². The van der Waals surface area contributed by atoms with E-state index in [0.29, 0.717) is 0 Å². The molecule has 1 amide bonds. The van der Waals surface area contributed by atoms with E-state index >= 15 is 0 Å². The van der Waals surface area contributed by atoms with Gasteiger partial charge in [-0.05, 0) is 63.8 Å². The zero-order chi connectivity index (χ0) is 17.7. The summed E-state index contributed by atoms with van der Waals surface area (Å²) < 4.78 is 6.22. The van der Waals surface area contributed by atoms with Crippen molar-refractivity contribution < 1.29 is 14.3 Å². The van der Waals surface area contributed by atoms with Gasteiger partial charge in [-0.2, -0.15) is 0 Å². The molecule has 0 aliphatic carbocycles. The van der Waals surface area contributed by atoms with Crippen LogP contribution in [0.25, 0.3) is 6.08 Å². The highest BCUT2D eigenvalue weighted by atomic mass is 79.9. The van der Waals surface area contributed by atoms with Gasteiger partial charge in [0.1, 0.15) is 0 Å². The molecule has 24 heavy (non-hydrogen) atoms. The Morgan fingerprint density at radius 2 is 1.96 bits per heavy atom. The maximum absolute atomic E-state index is 12.6. The van der Waals surface area contributed by atoms with Crippen LogP contribution in [0.15, 0.2) is 34.8 Å². The number of ether oxygens (including phenoxy) is 1. The number of piperidine rings is 1. The van der Waals surface area contributed by atoms with E-state index in [0.717, 1.165) is 29.3 Å². The average Bonchev–Trinajstić information content (AvgIpc) is 2.52. The summed E-state index contributed by atoms with van der Waals surface area (Å²) in [5.74, 6) is -0.618. The van der Waals surface area contributed by atoms with Gasteiger partial charge in [0.15, 0.2) is 6.10 Å². The highest BCUT2D eigenvalue weighted by molar-refractivity contribution is 9.10. The van der Waals surface area contributed by atoms with Gasteiger partial charge >= 0.3 is 5.97 Å². The lowest BCUT2D eigenvalue weighted by molar-refractivity contribution is -0.158. The summed E-state index contributed by atoms with van der Waals surface area (Å²) in [6, 6.07) is 7.98. The Bertz CT molecular complexity index is 619. The molecule has 0 saturated carbocycles. The van der Waals surface area contributed by atoms with E-state index in [9.17, 15) is 9.59 Å². The van der Waals surface area contributed by atoms with Gasteiger partial charge in [-0.3, -0.25) is 4.79 Å². The number of nitrogens with zero attached hydrogens (tertiary/aromatic N) is 1. The first-order valence-corrected chi connectivity index (χ1v) is 9.14. The van der Waals surface area contributed by atoms with Crippen LogP contribution in [0.4, 0.5) is 0 Å². The lowest BCUT2D eigenvalue weighted by Crippen LogP contribution is -2.51. The van der Waals surface area contributed by atoms with E-state index in [2.05, 4.69) is 29.8 Å². The third-order valence-electron chi connectivity index (χ3n) is 4.35. The number of hydrogen-bond donors (Lipinski definition) is 0. The minimum atomic E-state index is -0.771. The van der Waals surface area contributed by atoms with Gasteiger partial charge in [0.2, 0.25) is 0 Å². The third kappa shape index (κ3) is 4.94. The number of benzene rings is 1. The maximum atomic E-state index is 12.6. The summed E-state index contributed by atoms with van der Waals surface area (Å²) in [5, 5.41) is 0. The Hall–Kier alpha value is -1.62. The molecule has 5 heteroatoms. The average molecular weight is 394 g/mol. The number of carbonyl (C=O) groups is 2. The van der Waals surface area contributed by atoms with Crippen molar-refractivity contribution in [3.63, 3.8) is 0 Å². The van der Waals surface area contributed by atoms with E-state index in [4.69, 9.17) is 4.74 Å². The predicted octanol–water partition coefficient (Wildman–Crippen LogP) is 4.18. The van der Waals surface area contributed by atoms with Crippen molar-refractivity contribution in [1.29, 1.82) is 0 Å². The first-order chi connectivity index (χ1) is 11.4. The van der Waals surface area contributed by atoms with Crippen LogP contribution in [0.1, 0.15) is 45.6 Å². The molecule has 1 aliphatic rings. The molecular formula is C19H24BrNO3. The fraction of sp³-hybridized carbons (Fsp3) is 0.474. The first-order valence-electron chi connectivity index (χ1n) is 8.35. The molecule has 2 rings (SSSR count). The zero-order valence-electron chi connectivity index (χ0n) is 14.4. The van der Waals surface area contributed by atoms with E-state index in [-0.39, 0.29) is 18.0 Å². The van der Waals surface area contributed by atoms with Crippen LogP contribution in [0.3, 0.4) is 0 Å². The van der Waals surface area contributed by atoms with Gasteiger partial charge in [-0.1, -0.05) is 28.1 Å². The van der Waals surface area contributed by atoms with Crippen LogP contribution >= 0.6 is 15.9 Å². The quantitative estimate of drug-likeness (QED) is 0.569. The second-order valence-corrected chi connectivity index (χ2v) is 7.26. The van der Waals surface area contributed by atoms with Crippen molar-refractivity contribution in [3.05, 3.63) is 40.4 Å². The van der Waals surface area contributed by atoms with Gasteiger partial charge in [0.05, 0.1) is 0 Å². The van der Waals surface area contributed by atoms with Crippen molar-refractivity contribution in [2.24, 2.45) is 0 Å². The van der Waals surface area contributed by atoms with Gasteiger partial charge in [0.25, 0.3) is 5.91 Å². The molecule has 1 fully saturated rings. The number of rotatable bonds is 4. The minimum absolute atomic E-state index is 0.112. The van der Waals surface area contributed by atoms with Crippen LogP contribution in [0, 0.1) is 0 Å². The van der Waals surface area contributed by atoms with Crippen molar-refractivity contribution in [1.82, 2.24) is 4.90 Å². The molecule has 1 aromatic rings. The Labute approximate surface area is 152 Å². The second kappa shape index (κ2) is 8.47. The van der Waals surface area contributed by atoms with E-state index in [1.807, 2.05) is 29.2 Å². The summed E-state index contributed by atoms with van der Waals surface area (Å²) >= 11 is 3.38. The number of amides is 1. The van der Waals surface area contributed by atoms with Gasteiger partial charge < -0.3 is 9.64 Å². The maximum Gasteiger partial charge on any atom is 0.331 e. The molecule has 0 unspecified atom stereocenters. The first kappa shape index (κ1) is 18.7. The van der Waals surface area contributed by atoms with Gasteiger partial charge in [-0.25, -0.2) is 4.79 Å². The molecule has 3 atom stereocenters. The predicted molar refractivity (Wildman–Crippen MR) is 98.4 cm³/mol. The summed E-state index contributed by atoms with van der Waals surface area (Å²) in [7, 11) is 0.